The number of amides is 1. The second-order valence-electron chi connectivity index (χ2n) is 8.98. The maximum atomic E-state index is 13.9. The number of hydrogen-bond donors (Lipinski definition) is 0. The first-order valence-corrected chi connectivity index (χ1v) is 13.0. The zero-order valence-electron chi connectivity index (χ0n) is 21.4. The molecule has 0 radical (unpaired) electrons. The predicted octanol–water partition coefficient (Wildman–Crippen LogP) is 6.19. The van der Waals surface area contributed by atoms with Gasteiger partial charge in [-0.05, 0) is 85.7 Å². The summed E-state index contributed by atoms with van der Waals surface area (Å²) < 4.78 is 17.4. The Morgan fingerprint density at radius 3 is 2.38 bits per heavy atom. The molecule has 0 bridgehead atoms. The molecule has 0 fully saturated rings. The molecule has 8 heteroatoms. The average molecular weight is 516 g/mol. The van der Waals surface area contributed by atoms with Gasteiger partial charge in [-0.2, -0.15) is 10.1 Å². The lowest BCUT2D eigenvalue weighted by Gasteiger charge is -2.18. The maximum absolute atomic E-state index is 13.9. The van der Waals surface area contributed by atoms with Crippen LogP contribution in [0.4, 0.5) is 5.13 Å². The molecule has 0 N–H and O–H groups in total. The highest BCUT2D eigenvalue weighted by molar-refractivity contribution is 7.22. The number of benzene rings is 3. The fourth-order valence-electron chi connectivity index (χ4n) is 4.59. The van der Waals surface area contributed by atoms with Crippen molar-refractivity contribution in [2.45, 2.75) is 32.6 Å². The predicted molar refractivity (Wildman–Crippen MR) is 148 cm³/mol. The van der Waals surface area contributed by atoms with E-state index in [2.05, 4.69) is 17.2 Å². The molecule has 0 unspecified atom stereocenters. The quantitative estimate of drug-likeness (QED) is 0.217. The first-order valence-electron chi connectivity index (χ1n) is 12.2. The summed E-state index contributed by atoms with van der Waals surface area (Å²) in [5, 5.41) is 6.52. The van der Waals surface area contributed by atoms with Gasteiger partial charge in [0.1, 0.15) is 0 Å². The summed E-state index contributed by atoms with van der Waals surface area (Å²) in [7, 11) is 4.68. The van der Waals surface area contributed by atoms with Gasteiger partial charge in [0.15, 0.2) is 11.5 Å². The van der Waals surface area contributed by atoms with E-state index in [0.717, 1.165) is 35.0 Å². The molecule has 1 heterocycles. The molecular formula is C29H29N3O4S. The van der Waals surface area contributed by atoms with Gasteiger partial charge >= 0.3 is 0 Å². The fourth-order valence-corrected chi connectivity index (χ4v) is 5.61. The maximum Gasteiger partial charge on any atom is 0.280 e. The van der Waals surface area contributed by atoms with E-state index in [1.54, 1.807) is 39.7 Å². The Morgan fingerprint density at radius 2 is 1.68 bits per heavy atom. The molecule has 1 aromatic heterocycles. The second kappa shape index (κ2) is 10.6. The second-order valence-corrected chi connectivity index (χ2v) is 9.99. The number of ether oxygens (including phenoxy) is 3. The molecule has 0 saturated heterocycles. The van der Waals surface area contributed by atoms with Crippen LogP contribution >= 0.6 is 11.3 Å². The van der Waals surface area contributed by atoms with Crippen molar-refractivity contribution in [2.24, 2.45) is 5.10 Å². The molecule has 5 rings (SSSR count). The van der Waals surface area contributed by atoms with E-state index in [-0.39, 0.29) is 5.91 Å². The Morgan fingerprint density at radius 1 is 0.946 bits per heavy atom. The summed E-state index contributed by atoms with van der Waals surface area (Å²) in [5.74, 6) is 1.27. The van der Waals surface area contributed by atoms with E-state index in [9.17, 15) is 4.79 Å². The zero-order chi connectivity index (χ0) is 25.9. The van der Waals surface area contributed by atoms with Crippen molar-refractivity contribution in [3.8, 4) is 17.2 Å². The minimum Gasteiger partial charge on any atom is -0.493 e. The van der Waals surface area contributed by atoms with E-state index in [1.807, 2.05) is 31.2 Å². The SMILES string of the molecule is COc1cc(/C=N/N(C(=O)c2ccc3c(c2)CCCC3)c2nc3ccc(C)cc3s2)cc(OC)c1OC. The molecule has 7 nitrogen and oxygen atoms in total. The zero-order valence-corrected chi connectivity index (χ0v) is 22.2. The molecule has 190 valence electrons. The smallest absolute Gasteiger partial charge is 0.280 e. The van der Waals surface area contributed by atoms with Crippen LogP contribution < -0.4 is 19.2 Å². The van der Waals surface area contributed by atoms with Gasteiger partial charge in [-0.1, -0.05) is 23.5 Å². The number of aryl methyl sites for hydroxylation is 3. The molecule has 3 aromatic carbocycles. The summed E-state index contributed by atoms with van der Waals surface area (Å²) in [6, 6.07) is 15.6. The van der Waals surface area contributed by atoms with Crippen LogP contribution in [-0.2, 0) is 12.8 Å². The Balaban J connectivity index is 1.57. The molecule has 37 heavy (non-hydrogen) atoms. The van der Waals surface area contributed by atoms with Crippen molar-refractivity contribution >= 4 is 38.8 Å². The van der Waals surface area contributed by atoms with Crippen LogP contribution in [-0.4, -0.2) is 38.4 Å². The number of anilines is 1. The lowest BCUT2D eigenvalue weighted by molar-refractivity contribution is 0.0987. The normalized spacial score (nSPS) is 13.0. The lowest BCUT2D eigenvalue weighted by Crippen LogP contribution is -2.26. The molecule has 0 aliphatic heterocycles. The van der Waals surface area contributed by atoms with Crippen LogP contribution in [0.25, 0.3) is 10.2 Å². The van der Waals surface area contributed by atoms with Crippen LogP contribution in [0.3, 0.4) is 0 Å². The number of nitrogens with zero attached hydrogens (tertiary/aromatic N) is 3. The molecule has 4 aromatic rings. The minimum absolute atomic E-state index is 0.229. The molecule has 0 saturated carbocycles. The summed E-state index contributed by atoms with van der Waals surface area (Å²) >= 11 is 1.44. The third kappa shape index (κ3) is 5.02. The summed E-state index contributed by atoms with van der Waals surface area (Å²) in [6.07, 6.45) is 6.00. The Bertz CT molecular complexity index is 1470. The van der Waals surface area contributed by atoms with E-state index < -0.39 is 0 Å². The number of hydrogen-bond acceptors (Lipinski definition) is 7. The molecule has 1 amide bonds. The van der Waals surface area contributed by atoms with E-state index in [4.69, 9.17) is 19.2 Å². The van der Waals surface area contributed by atoms with Crippen molar-refractivity contribution in [3.05, 3.63) is 76.3 Å². The minimum atomic E-state index is -0.229. The monoisotopic (exact) mass is 515 g/mol. The third-order valence-electron chi connectivity index (χ3n) is 6.51. The lowest BCUT2D eigenvalue weighted by atomic mass is 9.90. The molecule has 0 spiro atoms. The van der Waals surface area contributed by atoms with Crippen molar-refractivity contribution in [2.75, 3.05) is 26.3 Å². The number of thiazole rings is 1. The van der Waals surface area contributed by atoms with Gasteiger partial charge in [0.05, 0.1) is 37.8 Å². The van der Waals surface area contributed by atoms with Crippen molar-refractivity contribution < 1.29 is 19.0 Å². The number of carbonyl (C=O) groups is 1. The van der Waals surface area contributed by atoms with Crippen LogP contribution in [0.1, 0.15) is 45.5 Å². The number of aromatic nitrogens is 1. The van der Waals surface area contributed by atoms with Gasteiger partial charge in [-0.15, -0.1) is 0 Å². The van der Waals surface area contributed by atoms with Crippen molar-refractivity contribution in [1.82, 2.24) is 4.98 Å². The summed E-state index contributed by atoms with van der Waals surface area (Å²) in [5.41, 5.74) is 5.82. The molecule has 1 aliphatic rings. The van der Waals surface area contributed by atoms with Crippen LogP contribution in [0, 0.1) is 6.92 Å². The fraction of sp³-hybridized carbons (Fsp3) is 0.276. The van der Waals surface area contributed by atoms with Gasteiger partial charge < -0.3 is 14.2 Å². The van der Waals surface area contributed by atoms with Gasteiger partial charge in [0.2, 0.25) is 10.9 Å². The van der Waals surface area contributed by atoms with Gasteiger partial charge in [0.25, 0.3) is 5.91 Å². The van der Waals surface area contributed by atoms with Crippen LogP contribution in [0.5, 0.6) is 17.2 Å². The van der Waals surface area contributed by atoms with Crippen LogP contribution in [0.2, 0.25) is 0 Å². The Hall–Kier alpha value is -3.91. The topological polar surface area (TPSA) is 73.2 Å². The standard InChI is InChI=1S/C29H29N3O4S/c1-18-9-12-23-26(13-18)37-29(31-23)32(28(33)22-11-10-20-7-5-6-8-21(20)16-22)30-17-19-14-24(34-2)27(36-4)25(15-19)35-3/h9-17H,5-8H2,1-4H3/b30-17+. The summed E-state index contributed by atoms with van der Waals surface area (Å²) in [6.45, 7) is 2.04. The van der Waals surface area contributed by atoms with Gasteiger partial charge in [-0.25, -0.2) is 4.98 Å². The number of rotatable bonds is 7. The number of carbonyl (C=O) groups excluding carboxylic acids is 1. The van der Waals surface area contributed by atoms with E-state index >= 15 is 0 Å². The number of hydrazone groups is 1. The van der Waals surface area contributed by atoms with E-state index in [0.29, 0.717) is 33.5 Å². The average Bonchev–Trinajstić information content (AvgIpc) is 3.34. The number of methoxy groups -OCH3 is 3. The summed E-state index contributed by atoms with van der Waals surface area (Å²) in [4.78, 5) is 18.6. The third-order valence-corrected chi connectivity index (χ3v) is 7.50. The Kier molecular flexibility index (Phi) is 7.10. The highest BCUT2D eigenvalue weighted by atomic mass is 32.1. The largest absolute Gasteiger partial charge is 0.493 e. The Labute approximate surface area is 220 Å². The van der Waals surface area contributed by atoms with Crippen molar-refractivity contribution in [1.29, 1.82) is 0 Å². The first-order chi connectivity index (χ1) is 18.0. The van der Waals surface area contributed by atoms with E-state index in [1.165, 1.54) is 33.9 Å². The molecule has 0 atom stereocenters. The van der Waals surface area contributed by atoms with Gasteiger partial charge in [-0.3, -0.25) is 4.79 Å². The van der Waals surface area contributed by atoms with Crippen molar-refractivity contribution in [3.63, 3.8) is 0 Å². The molecular weight excluding hydrogens is 486 g/mol. The highest BCUT2D eigenvalue weighted by Crippen LogP contribution is 2.38. The highest BCUT2D eigenvalue weighted by Gasteiger charge is 2.23. The molecule has 1 aliphatic carbocycles. The van der Waals surface area contributed by atoms with Crippen LogP contribution in [0.15, 0.2) is 53.6 Å². The first kappa shape index (κ1) is 24.8. The number of fused-ring (bicyclic) bond motifs is 2. The van der Waals surface area contributed by atoms with Gasteiger partial charge in [0, 0.05) is 11.1 Å².